The monoisotopic (exact) mass is 231 g/mol. The summed E-state index contributed by atoms with van der Waals surface area (Å²) in [4.78, 5) is 32.8. The van der Waals surface area contributed by atoms with Crippen molar-refractivity contribution >= 4 is 17.8 Å². The third-order valence-corrected chi connectivity index (χ3v) is 2.17. The molecule has 16 heavy (non-hydrogen) atoms. The standard InChI is InChI=1S/C9H17N3O4/c1-2-5(4-10)8(14)12-6(9(15)16)3-7(11)13/h5-6H,2-4,10H2,1H3,(H2,11,13)(H,12,14)(H,15,16)/t5?,6-/m0/s1. The number of aliphatic carboxylic acids is 1. The lowest BCUT2D eigenvalue weighted by Gasteiger charge is -2.17. The molecule has 0 aromatic carbocycles. The van der Waals surface area contributed by atoms with E-state index in [0.717, 1.165) is 0 Å². The molecule has 0 heterocycles. The van der Waals surface area contributed by atoms with Crippen LogP contribution in [0.25, 0.3) is 0 Å². The van der Waals surface area contributed by atoms with Crippen LogP contribution in [0.2, 0.25) is 0 Å². The minimum Gasteiger partial charge on any atom is -0.480 e. The van der Waals surface area contributed by atoms with Crippen molar-refractivity contribution in [2.24, 2.45) is 17.4 Å². The van der Waals surface area contributed by atoms with Crippen LogP contribution in [0.4, 0.5) is 0 Å². The normalized spacial score (nSPS) is 13.9. The molecule has 0 aromatic heterocycles. The number of nitrogens with two attached hydrogens (primary N) is 2. The van der Waals surface area contributed by atoms with Crippen molar-refractivity contribution in [1.29, 1.82) is 0 Å². The Labute approximate surface area is 93.2 Å². The molecule has 0 bridgehead atoms. The van der Waals surface area contributed by atoms with Crippen LogP contribution in [-0.2, 0) is 14.4 Å². The molecule has 7 heteroatoms. The molecule has 0 spiro atoms. The van der Waals surface area contributed by atoms with Gasteiger partial charge in [-0.25, -0.2) is 4.79 Å². The maximum atomic E-state index is 11.5. The van der Waals surface area contributed by atoms with E-state index in [9.17, 15) is 14.4 Å². The molecule has 6 N–H and O–H groups in total. The molecule has 2 amide bonds. The average molecular weight is 231 g/mol. The molecule has 2 atom stereocenters. The molecule has 0 saturated carbocycles. The molecule has 0 saturated heterocycles. The van der Waals surface area contributed by atoms with Crippen LogP contribution >= 0.6 is 0 Å². The Morgan fingerprint density at radius 3 is 2.25 bits per heavy atom. The summed E-state index contributed by atoms with van der Waals surface area (Å²) in [5, 5.41) is 11.0. The highest BCUT2D eigenvalue weighted by atomic mass is 16.4. The van der Waals surface area contributed by atoms with Crippen molar-refractivity contribution in [2.45, 2.75) is 25.8 Å². The second-order valence-corrected chi connectivity index (χ2v) is 3.41. The average Bonchev–Trinajstić information content (AvgIpc) is 2.17. The summed E-state index contributed by atoms with van der Waals surface area (Å²) >= 11 is 0. The molecule has 92 valence electrons. The predicted octanol–water partition coefficient (Wildman–Crippen LogP) is -1.58. The minimum absolute atomic E-state index is 0.130. The SMILES string of the molecule is CCC(CN)C(=O)N[C@@H](CC(N)=O)C(=O)O. The Morgan fingerprint density at radius 1 is 1.38 bits per heavy atom. The Balaban J connectivity index is 4.44. The Morgan fingerprint density at radius 2 is 1.94 bits per heavy atom. The zero-order valence-corrected chi connectivity index (χ0v) is 9.10. The van der Waals surface area contributed by atoms with Crippen molar-refractivity contribution in [1.82, 2.24) is 5.32 Å². The van der Waals surface area contributed by atoms with Gasteiger partial charge >= 0.3 is 5.97 Å². The molecule has 0 aliphatic heterocycles. The second-order valence-electron chi connectivity index (χ2n) is 3.41. The van der Waals surface area contributed by atoms with Crippen molar-refractivity contribution < 1.29 is 19.5 Å². The number of carboxylic acid groups (broad SMARTS) is 1. The van der Waals surface area contributed by atoms with Crippen molar-refractivity contribution in [3.63, 3.8) is 0 Å². The Bertz CT molecular complexity index is 276. The first kappa shape index (κ1) is 14.4. The van der Waals surface area contributed by atoms with E-state index >= 15 is 0 Å². The summed E-state index contributed by atoms with van der Waals surface area (Å²) in [7, 11) is 0. The van der Waals surface area contributed by atoms with Crippen LogP contribution in [-0.4, -0.2) is 35.5 Å². The smallest absolute Gasteiger partial charge is 0.326 e. The predicted molar refractivity (Wildman–Crippen MR) is 56.2 cm³/mol. The third-order valence-electron chi connectivity index (χ3n) is 2.17. The summed E-state index contributed by atoms with van der Waals surface area (Å²) in [6.45, 7) is 1.90. The van der Waals surface area contributed by atoms with E-state index in [1.807, 2.05) is 0 Å². The van der Waals surface area contributed by atoms with Gasteiger partial charge < -0.3 is 21.9 Å². The summed E-state index contributed by atoms with van der Waals surface area (Å²) in [5.74, 6) is -3.00. The van der Waals surface area contributed by atoms with Crippen LogP contribution in [0.15, 0.2) is 0 Å². The van der Waals surface area contributed by atoms with Crippen molar-refractivity contribution in [2.75, 3.05) is 6.54 Å². The van der Waals surface area contributed by atoms with Gasteiger partial charge in [0, 0.05) is 12.5 Å². The highest BCUT2D eigenvalue weighted by molar-refractivity contribution is 5.88. The van der Waals surface area contributed by atoms with Gasteiger partial charge in [0.2, 0.25) is 11.8 Å². The molecule has 1 unspecified atom stereocenters. The fraction of sp³-hybridized carbons (Fsp3) is 0.667. The minimum atomic E-state index is -1.29. The molecule has 0 aliphatic carbocycles. The number of carbonyl (C=O) groups is 3. The summed E-state index contributed by atoms with van der Waals surface area (Å²) in [5.41, 5.74) is 10.2. The number of rotatable bonds is 7. The Kier molecular flexibility index (Phi) is 6.09. The van der Waals surface area contributed by atoms with Gasteiger partial charge in [-0.15, -0.1) is 0 Å². The fourth-order valence-corrected chi connectivity index (χ4v) is 1.15. The van der Waals surface area contributed by atoms with E-state index in [0.29, 0.717) is 6.42 Å². The van der Waals surface area contributed by atoms with Crippen LogP contribution in [0.3, 0.4) is 0 Å². The zero-order valence-electron chi connectivity index (χ0n) is 9.10. The summed E-state index contributed by atoms with van der Waals surface area (Å²) < 4.78 is 0. The topological polar surface area (TPSA) is 136 Å². The summed E-state index contributed by atoms with van der Waals surface area (Å²) in [6.07, 6.45) is 0.0767. The van der Waals surface area contributed by atoms with Crippen molar-refractivity contribution in [3.05, 3.63) is 0 Å². The highest BCUT2D eigenvalue weighted by Gasteiger charge is 2.24. The van der Waals surface area contributed by atoms with Gasteiger partial charge in [-0.2, -0.15) is 0 Å². The van der Waals surface area contributed by atoms with Crippen LogP contribution in [0, 0.1) is 5.92 Å². The first-order valence-corrected chi connectivity index (χ1v) is 4.93. The largest absolute Gasteiger partial charge is 0.480 e. The molecule has 0 rings (SSSR count). The van der Waals surface area contributed by atoms with E-state index in [-0.39, 0.29) is 6.54 Å². The van der Waals surface area contributed by atoms with Crippen LogP contribution in [0.5, 0.6) is 0 Å². The molecular formula is C9H17N3O4. The van der Waals surface area contributed by atoms with Gasteiger partial charge in [0.1, 0.15) is 6.04 Å². The van der Waals surface area contributed by atoms with Crippen LogP contribution < -0.4 is 16.8 Å². The lowest BCUT2D eigenvalue weighted by Crippen LogP contribution is -2.46. The number of amides is 2. The Hall–Kier alpha value is -1.63. The number of primary amides is 1. The first-order valence-electron chi connectivity index (χ1n) is 4.93. The second kappa shape index (κ2) is 6.78. The van der Waals surface area contributed by atoms with E-state index in [1.54, 1.807) is 6.92 Å². The first-order chi connectivity index (χ1) is 7.42. The van der Waals surface area contributed by atoms with Crippen molar-refractivity contribution in [3.8, 4) is 0 Å². The fourth-order valence-electron chi connectivity index (χ4n) is 1.15. The van der Waals surface area contributed by atoms with Gasteiger partial charge in [-0.3, -0.25) is 9.59 Å². The molecule has 0 radical (unpaired) electrons. The molecule has 0 fully saturated rings. The maximum absolute atomic E-state index is 11.5. The third kappa shape index (κ3) is 4.74. The van der Waals surface area contributed by atoms with Gasteiger partial charge in [-0.05, 0) is 6.42 Å². The van der Waals surface area contributed by atoms with Gasteiger partial charge in [0.25, 0.3) is 0 Å². The van der Waals surface area contributed by atoms with Gasteiger partial charge in [0.05, 0.1) is 6.42 Å². The molecule has 0 aromatic rings. The number of nitrogens with one attached hydrogen (secondary N) is 1. The molecule has 0 aliphatic rings. The number of hydrogen-bond donors (Lipinski definition) is 4. The van der Waals surface area contributed by atoms with Crippen LogP contribution in [0.1, 0.15) is 19.8 Å². The lowest BCUT2D eigenvalue weighted by molar-refractivity contribution is -0.143. The van der Waals surface area contributed by atoms with E-state index in [1.165, 1.54) is 0 Å². The lowest BCUT2D eigenvalue weighted by atomic mass is 10.1. The quantitative estimate of drug-likeness (QED) is 0.419. The van der Waals surface area contributed by atoms with Gasteiger partial charge in [0.15, 0.2) is 0 Å². The van der Waals surface area contributed by atoms with E-state index in [4.69, 9.17) is 16.6 Å². The highest BCUT2D eigenvalue weighted by Crippen LogP contribution is 2.02. The number of carbonyl (C=O) groups excluding carboxylic acids is 2. The van der Waals surface area contributed by atoms with E-state index < -0.39 is 36.2 Å². The molecule has 7 nitrogen and oxygen atoms in total. The maximum Gasteiger partial charge on any atom is 0.326 e. The molecular weight excluding hydrogens is 214 g/mol. The zero-order chi connectivity index (χ0) is 12.7. The van der Waals surface area contributed by atoms with E-state index in [2.05, 4.69) is 5.32 Å². The number of carboxylic acids is 1. The summed E-state index contributed by atoms with van der Waals surface area (Å²) in [6, 6.07) is -1.29. The van der Waals surface area contributed by atoms with Gasteiger partial charge in [-0.1, -0.05) is 6.92 Å². The number of hydrogen-bond acceptors (Lipinski definition) is 4.